The lowest BCUT2D eigenvalue weighted by molar-refractivity contribution is 0.357. The predicted molar refractivity (Wildman–Crippen MR) is 88.8 cm³/mol. The van der Waals surface area contributed by atoms with Crippen LogP contribution in [0, 0.1) is 11.3 Å². The first-order valence-electron chi connectivity index (χ1n) is 7.83. The van der Waals surface area contributed by atoms with Crippen LogP contribution in [0.2, 0.25) is 0 Å². The highest BCUT2D eigenvalue weighted by molar-refractivity contribution is 5.43. The summed E-state index contributed by atoms with van der Waals surface area (Å²) in [5.41, 5.74) is 4.38. The molecule has 1 heterocycles. The van der Waals surface area contributed by atoms with Gasteiger partial charge in [-0.2, -0.15) is 5.26 Å². The van der Waals surface area contributed by atoms with Gasteiger partial charge in [0, 0.05) is 18.5 Å². The molecule has 0 fully saturated rings. The van der Waals surface area contributed by atoms with Crippen molar-refractivity contribution in [3.8, 4) is 17.6 Å². The maximum Gasteiger partial charge on any atom is 0.123 e. The molecule has 4 heteroatoms. The number of methoxy groups -OCH3 is 1. The molecule has 1 N–H and O–H groups in total. The lowest BCUT2D eigenvalue weighted by Crippen LogP contribution is -2.17. The largest absolute Gasteiger partial charge is 0.496 e. The van der Waals surface area contributed by atoms with Crippen LogP contribution < -0.4 is 14.8 Å². The Morgan fingerprint density at radius 2 is 2.17 bits per heavy atom. The van der Waals surface area contributed by atoms with Crippen molar-refractivity contribution >= 4 is 0 Å². The van der Waals surface area contributed by atoms with Gasteiger partial charge in [0.1, 0.15) is 11.5 Å². The van der Waals surface area contributed by atoms with E-state index < -0.39 is 0 Å². The molecular formula is C19H20N2O2. The highest BCUT2D eigenvalue weighted by Crippen LogP contribution is 2.28. The van der Waals surface area contributed by atoms with E-state index in [9.17, 15) is 0 Å². The molecule has 0 aromatic heterocycles. The molecule has 3 rings (SSSR count). The Morgan fingerprint density at radius 1 is 1.26 bits per heavy atom. The number of ether oxygens (including phenoxy) is 2. The minimum atomic E-state index is 0.624. The van der Waals surface area contributed by atoms with Crippen molar-refractivity contribution < 1.29 is 9.47 Å². The topological polar surface area (TPSA) is 54.3 Å². The molecule has 1 aliphatic heterocycles. The summed E-state index contributed by atoms with van der Waals surface area (Å²) in [6.07, 6.45) is 1.86. The van der Waals surface area contributed by atoms with Gasteiger partial charge in [-0.15, -0.1) is 0 Å². The lowest BCUT2D eigenvalue weighted by Gasteiger charge is -2.11. The molecule has 4 nitrogen and oxygen atoms in total. The van der Waals surface area contributed by atoms with E-state index >= 15 is 0 Å². The Balaban J connectivity index is 1.57. The smallest absolute Gasteiger partial charge is 0.123 e. The summed E-state index contributed by atoms with van der Waals surface area (Å²) < 4.78 is 11.0. The molecule has 0 radical (unpaired) electrons. The monoisotopic (exact) mass is 308 g/mol. The lowest BCUT2D eigenvalue weighted by atomic mass is 10.0. The summed E-state index contributed by atoms with van der Waals surface area (Å²) in [4.78, 5) is 0. The third kappa shape index (κ3) is 3.46. The average Bonchev–Trinajstić information content (AvgIpc) is 3.08. The van der Waals surface area contributed by atoms with Crippen LogP contribution in [0.25, 0.3) is 0 Å². The molecule has 0 unspecified atom stereocenters. The van der Waals surface area contributed by atoms with Crippen molar-refractivity contribution in [3.63, 3.8) is 0 Å². The van der Waals surface area contributed by atoms with E-state index in [4.69, 9.17) is 14.7 Å². The van der Waals surface area contributed by atoms with Crippen molar-refractivity contribution in [1.82, 2.24) is 5.32 Å². The van der Waals surface area contributed by atoms with Crippen LogP contribution in [0.3, 0.4) is 0 Å². The van der Waals surface area contributed by atoms with Crippen LogP contribution in [0.15, 0.2) is 36.4 Å². The highest BCUT2D eigenvalue weighted by Gasteiger charge is 2.15. The van der Waals surface area contributed by atoms with Crippen molar-refractivity contribution in [2.75, 3.05) is 20.3 Å². The van der Waals surface area contributed by atoms with Gasteiger partial charge in [-0.1, -0.05) is 18.2 Å². The minimum Gasteiger partial charge on any atom is -0.496 e. The Morgan fingerprint density at radius 3 is 3.00 bits per heavy atom. The first kappa shape index (κ1) is 15.4. The van der Waals surface area contributed by atoms with Gasteiger partial charge >= 0.3 is 0 Å². The summed E-state index contributed by atoms with van der Waals surface area (Å²) >= 11 is 0. The number of rotatable bonds is 6. The molecule has 0 aliphatic carbocycles. The summed E-state index contributed by atoms with van der Waals surface area (Å²) in [5, 5.41) is 12.4. The average molecular weight is 308 g/mol. The standard InChI is InChI=1S/C19H20N2O2/c1-22-19-11-14(12-20)5-6-15(19)7-9-21-13-16-3-2-4-18-17(16)8-10-23-18/h2-6,11,21H,7-10,13H2,1H3. The van der Waals surface area contributed by atoms with E-state index in [1.54, 1.807) is 13.2 Å². The van der Waals surface area contributed by atoms with E-state index in [-0.39, 0.29) is 0 Å². The molecule has 1 aliphatic rings. The van der Waals surface area contributed by atoms with Crippen molar-refractivity contribution in [2.24, 2.45) is 0 Å². The first-order valence-corrected chi connectivity index (χ1v) is 7.83. The zero-order chi connectivity index (χ0) is 16.1. The molecule has 0 bridgehead atoms. The molecule has 2 aromatic rings. The molecule has 0 atom stereocenters. The van der Waals surface area contributed by atoms with Crippen LogP contribution in [0.4, 0.5) is 0 Å². The summed E-state index contributed by atoms with van der Waals surface area (Å²) in [7, 11) is 1.64. The van der Waals surface area contributed by atoms with Crippen molar-refractivity contribution in [2.45, 2.75) is 19.4 Å². The Kier molecular flexibility index (Phi) is 4.80. The number of nitriles is 1. The minimum absolute atomic E-state index is 0.624. The molecule has 0 amide bonds. The molecule has 23 heavy (non-hydrogen) atoms. The fourth-order valence-electron chi connectivity index (χ4n) is 2.93. The van der Waals surface area contributed by atoms with E-state index in [1.807, 2.05) is 24.3 Å². The zero-order valence-electron chi connectivity index (χ0n) is 13.3. The van der Waals surface area contributed by atoms with Gasteiger partial charge in [0.2, 0.25) is 0 Å². The fourth-order valence-corrected chi connectivity index (χ4v) is 2.93. The van der Waals surface area contributed by atoms with Crippen LogP contribution in [-0.2, 0) is 19.4 Å². The van der Waals surface area contributed by atoms with E-state index in [0.29, 0.717) is 5.56 Å². The number of benzene rings is 2. The number of fused-ring (bicyclic) bond motifs is 1. The van der Waals surface area contributed by atoms with Crippen molar-refractivity contribution in [1.29, 1.82) is 5.26 Å². The quantitative estimate of drug-likeness (QED) is 0.834. The molecule has 0 saturated carbocycles. The van der Waals surface area contributed by atoms with Gasteiger partial charge in [0.15, 0.2) is 0 Å². The molecule has 118 valence electrons. The first-order chi connectivity index (χ1) is 11.3. The van der Waals surface area contributed by atoms with E-state index in [2.05, 4.69) is 17.5 Å². The van der Waals surface area contributed by atoms with Gasteiger partial charge in [0.05, 0.1) is 25.3 Å². The SMILES string of the molecule is COc1cc(C#N)ccc1CCNCc1cccc2c1CCO2. The second kappa shape index (κ2) is 7.17. The number of hydrogen-bond acceptors (Lipinski definition) is 4. The molecule has 2 aromatic carbocycles. The number of nitrogens with zero attached hydrogens (tertiary/aromatic N) is 1. The normalized spacial score (nSPS) is 12.3. The van der Waals surface area contributed by atoms with Crippen LogP contribution >= 0.6 is 0 Å². The number of nitrogens with one attached hydrogen (secondary N) is 1. The van der Waals surface area contributed by atoms with Crippen molar-refractivity contribution in [3.05, 3.63) is 58.7 Å². The third-order valence-corrected chi connectivity index (χ3v) is 4.14. The maximum atomic E-state index is 8.94. The zero-order valence-corrected chi connectivity index (χ0v) is 13.3. The Labute approximate surface area is 136 Å². The highest BCUT2D eigenvalue weighted by atomic mass is 16.5. The molecular weight excluding hydrogens is 288 g/mol. The maximum absolute atomic E-state index is 8.94. The molecule has 0 spiro atoms. The summed E-state index contributed by atoms with van der Waals surface area (Å²) in [5.74, 6) is 1.80. The van der Waals surface area contributed by atoms with Crippen LogP contribution in [-0.4, -0.2) is 20.3 Å². The van der Waals surface area contributed by atoms with Gasteiger partial charge in [-0.05, 0) is 42.3 Å². The Hall–Kier alpha value is -2.51. The van der Waals surface area contributed by atoms with Gasteiger partial charge < -0.3 is 14.8 Å². The van der Waals surface area contributed by atoms with Gasteiger partial charge in [-0.3, -0.25) is 0 Å². The third-order valence-electron chi connectivity index (χ3n) is 4.14. The second-order valence-corrected chi connectivity index (χ2v) is 5.56. The van der Waals surface area contributed by atoms with Gasteiger partial charge in [-0.25, -0.2) is 0 Å². The molecule has 0 saturated heterocycles. The predicted octanol–water partition coefficient (Wildman–Crippen LogP) is 2.83. The van der Waals surface area contributed by atoms with Crippen LogP contribution in [0.1, 0.15) is 22.3 Å². The van der Waals surface area contributed by atoms with E-state index in [1.165, 1.54) is 11.1 Å². The fraction of sp³-hybridized carbons (Fsp3) is 0.316. The van der Waals surface area contributed by atoms with Gasteiger partial charge in [0.25, 0.3) is 0 Å². The number of hydrogen-bond donors (Lipinski definition) is 1. The summed E-state index contributed by atoms with van der Waals surface area (Å²) in [6, 6.07) is 14.0. The van der Waals surface area contributed by atoms with Crippen LogP contribution in [0.5, 0.6) is 11.5 Å². The summed E-state index contributed by atoms with van der Waals surface area (Å²) in [6.45, 7) is 2.48. The Bertz CT molecular complexity index is 735. The van der Waals surface area contributed by atoms with E-state index in [0.717, 1.165) is 49.6 Å². The second-order valence-electron chi connectivity index (χ2n) is 5.56.